The van der Waals surface area contributed by atoms with Crippen LogP contribution in [-0.2, 0) is 14.3 Å². The van der Waals surface area contributed by atoms with Gasteiger partial charge in [-0.1, -0.05) is 6.08 Å². The molecule has 1 aliphatic heterocycles. The molecule has 1 heterocycles. The van der Waals surface area contributed by atoms with E-state index in [0.717, 1.165) is 0 Å². The first-order chi connectivity index (χ1) is 7.15. The van der Waals surface area contributed by atoms with Crippen molar-refractivity contribution in [3.8, 4) is 0 Å². The fourth-order valence-electron chi connectivity index (χ4n) is 1.54. The summed E-state index contributed by atoms with van der Waals surface area (Å²) >= 11 is 0. The number of carboxylic acids is 1. The van der Waals surface area contributed by atoms with Gasteiger partial charge in [0.25, 0.3) is 0 Å². The van der Waals surface area contributed by atoms with Gasteiger partial charge in [0.15, 0.2) is 0 Å². The number of hydrogen-bond acceptors (Lipinski definition) is 3. The summed E-state index contributed by atoms with van der Waals surface area (Å²) in [6, 6.07) is 0. The summed E-state index contributed by atoms with van der Waals surface area (Å²) in [6.07, 6.45) is 2.20. The molecule has 0 radical (unpaired) electrons. The van der Waals surface area contributed by atoms with E-state index in [1.54, 1.807) is 0 Å². The van der Waals surface area contributed by atoms with Crippen molar-refractivity contribution in [2.75, 3.05) is 26.3 Å². The quantitative estimate of drug-likeness (QED) is 0.659. The fourth-order valence-corrected chi connectivity index (χ4v) is 1.54. The Morgan fingerprint density at radius 3 is 2.80 bits per heavy atom. The lowest BCUT2D eigenvalue weighted by Crippen LogP contribution is -2.40. The Morgan fingerprint density at radius 1 is 1.60 bits per heavy atom. The molecule has 1 fully saturated rings. The van der Waals surface area contributed by atoms with E-state index in [-0.39, 0.29) is 24.9 Å². The lowest BCUT2D eigenvalue weighted by Gasteiger charge is -2.21. The molecule has 1 N–H and O–H groups in total. The van der Waals surface area contributed by atoms with Crippen LogP contribution in [0.2, 0.25) is 0 Å². The maximum absolute atomic E-state index is 11.8. The Bertz CT molecular complexity index is 258. The van der Waals surface area contributed by atoms with Crippen LogP contribution < -0.4 is 0 Å². The monoisotopic (exact) mass is 213 g/mol. The summed E-state index contributed by atoms with van der Waals surface area (Å²) in [4.78, 5) is 23.6. The van der Waals surface area contributed by atoms with Crippen molar-refractivity contribution >= 4 is 11.9 Å². The molecule has 0 bridgehead atoms. The van der Waals surface area contributed by atoms with Gasteiger partial charge in [0.1, 0.15) is 6.54 Å². The van der Waals surface area contributed by atoms with Crippen LogP contribution in [0.4, 0.5) is 0 Å². The zero-order valence-corrected chi connectivity index (χ0v) is 8.52. The molecule has 1 rings (SSSR count). The minimum Gasteiger partial charge on any atom is -0.480 e. The lowest BCUT2D eigenvalue weighted by molar-refractivity contribution is -0.145. The van der Waals surface area contributed by atoms with Crippen LogP contribution >= 0.6 is 0 Å². The number of amides is 1. The molecule has 0 saturated carbocycles. The van der Waals surface area contributed by atoms with Gasteiger partial charge in [0, 0.05) is 13.2 Å². The average molecular weight is 213 g/mol. The van der Waals surface area contributed by atoms with E-state index in [9.17, 15) is 9.59 Å². The predicted molar refractivity (Wildman–Crippen MR) is 53.3 cm³/mol. The summed E-state index contributed by atoms with van der Waals surface area (Å²) in [5.41, 5.74) is 0. The predicted octanol–water partition coefficient (Wildman–Crippen LogP) is 0.122. The molecule has 1 atom stereocenters. The standard InChI is InChI=1S/C10H15NO4/c1-2-4-11(6-9(12)13)10(14)8-3-5-15-7-8/h2,8H,1,3-7H2,(H,12,13). The Kier molecular flexibility index (Phi) is 4.30. The van der Waals surface area contributed by atoms with Gasteiger partial charge < -0.3 is 14.7 Å². The highest BCUT2D eigenvalue weighted by Crippen LogP contribution is 2.15. The van der Waals surface area contributed by atoms with E-state index >= 15 is 0 Å². The van der Waals surface area contributed by atoms with E-state index in [1.807, 2.05) is 0 Å². The van der Waals surface area contributed by atoms with Crippen LogP contribution in [0, 0.1) is 5.92 Å². The second kappa shape index (κ2) is 5.50. The third-order valence-corrected chi connectivity index (χ3v) is 2.27. The summed E-state index contributed by atoms with van der Waals surface area (Å²) in [5, 5.41) is 8.64. The normalized spacial score (nSPS) is 19.9. The van der Waals surface area contributed by atoms with Gasteiger partial charge in [-0.3, -0.25) is 9.59 Å². The highest BCUT2D eigenvalue weighted by molar-refractivity contribution is 5.83. The first-order valence-corrected chi connectivity index (χ1v) is 4.84. The summed E-state index contributed by atoms with van der Waals surface area (Å²) < 4.78 is 5.09. The minimum absolute atomic E-state index is 0.158. The highest BCUT2D eigenvalue weighted by Gasteiger charge is 2.28. The average Bonchev–Trinajstić information content (AvgIpc) is 2.68. The maximum atomic E-state index is 11.8. The van der Waals surface area contributed by atoms with Crippen molar-refractivity contribution in [2.24, 2.45) is 5.92 Å². The maximum Gasteiger partial charge on any atom is 0.323 e. The Labute approximate surface area is 88.3 Å². The molecule has 15 heavy (non-hydrogen) atoms. The number of ether oxygens (including phenoxy) is 1. The number of carboxylic acid groups (broad SMARTS) is 1. The van der Waals surface area contributed by atoms with Gasteiger partial charge in [-0.25, -0.2) is 0 Å². The molecular formula is C10H15NO4. The first-order valence-electron chi connectivity index (χ1n) is 4.84. The molecule has 0 aromatic rings. The Hall–Kier alpha value is -1.36. The van der Waals surface area contributed by atoms with E-state index in [4.69, 9.17) is 9.84 Å². The van der Waals surface area contributed by atoms with Crippen molar-refractivity contribution < 1.29 is 19.4 Å². The fraction of sp³-hybridized carbons (Fsp3) is 0.600. The summed E-state index contributed by atoms with van der Waals surface area (Å²) in [7, 11) is 0. The largest absolute Gasteiger partial charge is 0.480 e. The van der Waals surface area contributed by atoms with Crippen LogP contribution in [0.15, 0.2) is 12.7 Å². The molecule has 0 aromatic heterocycles. The van der Waals surface area contributed by atoms with Crippen molar-refractivity contribution in [1.82, 2.24) is 4.90 Å². The van der Waals surface area contributed by atoms with E-state index in [1.165, 1.54) is 11.0 Å². The minimum atomic E-state index is -1.01. The van der Waals surface area contributed by atoms with E-state index < -0.39 is 5.97 Å². The molecule has 5 heteroatoms. The van der Waals surface area contributed by atoms with Gasteiger partial charge in [-0.15, -0.1) is 6.58 Å². The summed E-state index contributed by atoms with van der Waals surface area (Å²) in [6.45, 7) is 4.46. The number of rotatable bonds is 5. The number of carbonyl (C=O) groups is 2. The summed E-state index contributed by atoms with van der Waals surface area (Å²) in [5.74, 6) is -1.36. The number of aliphatic carboxylic acids is 1. The molecule has 1 saturated heterocycles. The zero-order valence-electron chi connectivity index (χ0n) is 8.52. The third kappa shape index (κ3) is 3.36. The van der Waals surface area contributed by atoms with Gasteiger partial charge in [-0.05, 0) is 6.42 Å². The second-order valence-corrected chi connectivity index (χ2v) is 3.46. The van der Waals surface area contributed by atoms with E-state index in [0.29, 0.717) is 19.6 Å². The Morgan fingerprint density at radius 2 is 2.33 bits per heavy atom. The SMILES string of the molecule is C=CCN(CC(=O)O)C(=O)C1CCOC1. The van der Waals surface area contributed by atoms with Crippen LogP contribution in [0.3, 0.4) is 0 Å². The molecule has 0 spiro atoms. The highest BCUT2D eigenvalue weighted by atomic mass is 16.5. The van der Waals surface area contributed by atoms with Crippen molar-refractivity contribution in [2.45, 2.75) is 6.42 Å². The molecule has 0 aromatic carbocycles. The van der Waals surface area contributed by atoms with Crippen LogP contribution in [0.1, 0.15) is 6.42 Å². The zero-order chi connectivity index (χ0) is 11.3. The lowest BCUT2D eigenvalue weighted by atomic mass is 10.1. The van der Waals surface area contributed by atoms with Crippen molar-refractivity contribution in [1.29, 1.82) is 0 Å². The number of hydrogen-bond donors (Lipinski definition) is 1. The number of nitrogens with zero attached hydrogens (tertiary/aromatic N) is 1. The van der Waals surface area contributed by atoms with Gasteiger partial charge >= 0.3 is 5.97 Å². The van der Waals surface area contributed by atoms with Crippen LogP contribution in [-0.4, -0.2) is 48.2 Å². The third-order valence-electron chi connectivity index (χ3n) is 2.27. The molecule has 1 aliphatic rings. The van der Waals surface area contributed by atoms with Crippen LogP contribution in [0.5, 0.6) is 0 Å². The molecule has 5 nitrogen and oxygen atoms in total. The smallest absolute Gasteiger partial charge is 0.323 e. The topological polar surface area (TPSA) is 66.8 Å². The van der Waals surface area contributed by atoms with Gasteiger partial charge in [0.2, 0.25) is 5.91 Å². The van der Waals surface area contributed by atoms with E-state index in [2.05, 4.69) is 6.58 Å². The molecule has 1 unspecified atom stereocenters. The molecule has 1 amide bonds. The molecule has 0 aliphatic carbocycles. The van der Waals surface area contributed by atoms with Crippen molar-refractivity contribution in [3.63, 3.8) is 0 Å². The van der Waals surface area contributed by atoms with Gasteiger partial charge in [0.05, 0.1) is 12.5 Å². The first kappa shape index (κ1) is 11.7. The Balaban J connectivity index is 2.56. The van der Waals surface area contributed by atoms with Crippen LogP contribution in [0.25, 0.3) is 0 Å². The number of carbonyl (C=O) groups excluding carboxylic acids is 1. The van der Waals surface area contributed by atoms with Gasteiger partial charge in [-0.2, -0.15) is 0 Å². The molecular weight excluding hydrogens is 198 g/mol. The molecule has 84 valence electrons. The van der Waals surface area contributed by atoms with Crippen molar-refractivity contribution in [3.05, 3.63) is 12.7 Å². The second-order valence-electron chi connectivity index (χ2n) is 3.46.